The molecule has 0 radical (unpaired) electrons. The number of carbonyl (C=O) groups is 1. The van der Waals surface area contributed by atoms with Gasteiger partial charge in [0.1, 0.15) is 0 Å². The van der Waals surface area contributed by atoms with Crippen LogP contribution in [0.1, 0.15) is 0 Å². The normalized spacial score (nSPS) is 18.5. The predicted molar refractivity (Wildman–Crippen MR) is 58.2 cm³/mol. The summed E-state index contributed by atoms with van der Waals surface area (Å²) in [6.45, 7) is 3.42. The maximum absolute atomic E-state index is 11.6. The fourth-order valence-corrected chi connectivity index (χ4v) is 1.52. The number of aliphatic hydroxyl groups is 1. The second kappa shape index (κ2) is 7.56. The van der Waals surface area contributed by atoms with Crippen molar-refractivity contribution in [1.29, 1.82) is 0 Å². The minimum absolute atomic E-state index is 0.0490. The van der Waals surface area contributed by atoms with Gasteiger partial charge in [-0.2, -0.15) is 0 Å². The van der Waals surface area contributed by atoms with Gasteiger partial charge >= 0.3 is 0 Å². The number of ether oxygens (including phenoxy) is 2. The Hall–Kier alpha value is -0.690. The standard InChI is InChI=1S/C10H20N2O4/c1-15-8-9(13)6-11-7-10(14)12-2-4-16-5-3-12/h9,11,13H,2-8H2,1H3. The molecule has 2 N–H and O–H groups in total. The number of hydrogen-bond donors (Lipinski definition) is 2. The van der Waals surface area contributed by atoms with Crippen molar-refractivity contribution in [2.45, 2.75) is 6.10 Å². The van der Waals surface area contributed by atoms with Crippen LogP contribution in [0.15, 0.2) is 0 Å². The van der Waals surface area contributed by atoms with E-state index < -0.39 is 6.10 Å². The van der Waals surface area contributed by atoms with Crippen molar-refractivity contribution in [2.24, 2.45) is 0 Å². The SMILES string of the molecule is COCC(O)CNCC(=O)N1CCOCC1. The zero-order valence-corrected chi connectivity index (χ0v) is 9.65. The molecule has 0 aliphatic carbocycles. The van der Waals surface area contributed by atoms with E-state index in [2.05, 4.69) is 5.32 Å². The van der Waals surface area contributed by atoms with Crippen molar-refractivity contribution >= 4 is 5.91 Å². The molecule has 1 heterocycles. The molecule has 1 aliphatic heterocycles. The molecule has 1 saturated heterocycles. The van der Waals surface area contributed by atoms with Crippen LogP contribution in [0, 0.1) is 0 Å². The fourth-order valence-electron chi connectivity index (χ4n) is 1.52. The molecular formula is C10H20N2O4. The molecule has 0 aromatic rings. The molecule has 94 valence electrons. The van der Waals surface area contributed by atoms with Crippen molar-refractivity contribution < 1.29 is 19.4 Å². The van der Waals surface area contributed by atoms with Crippen molar-refractivity contribution in [3.8, 4) is 0 Å². The number of nitrogens with one attached hydrogen (secondary N) is 1. The molecule has 6 nitrogen and oxygen atoms in total. The zero-order valence-electron chi connectivity index (χ0n) is 9.65. The van der Waals surface area contributed by atoms with Gasteiger partial charge in [-0.15, -0.1) is 0 Å². The smallest absolute Gasteiger partial charge is 0.236 e. The highest BCUT2D eigenvalue weighted by Crippen LogP contribution is 1.96. The van der Waals surface area contributed by atoms with Crippen LogP contribution in [0.25, 0.3) is 0 Å². The first kappa shape index (κ1) is 13.4. The van der Waals surface area contributed by atoms with E-state index in [0.29, 0.717) is 32.8 Å². The summed E-state index contributed by atoms with van der Waals surface area (Å²) >= 11 is 0. The molecule has 1 fully saturated rings. The number of hydrogen-bond acceptors (Lipinski definition) is 5. The van der Waals surface area contributed by atoms with Crippen molar-refractivity contribution in [1.82, 2.24) is 10.2 Å². The first-order valence-corrected chi connectivity index (χ1v) is 5.47. The highest BCUT2D eigenvalue weighted by molar-refractivity contribution is 5.78. The van der Waals surface area contributed by atoms with E-state index in [1.165, 1.54) is 7.11 Å². The van der Waals surface area contributed by atoms with Crippen LogP contribution < -0.4 is 5.32 Å². The van der Waals surface area contributed by atoms with Gasteiger partial charge in [-0.1, -0.05) is 0 Å². The number of nitrogens with zero attached hydrogens (tertiary/aromatic N) is 1. The minimum atomic E-state index is -0.567. The summed E-state index contributed by atoms with van der Waals surface area (Å²) in [5, 5.41) is 12.2. The fraction of sp³-hybridized carbons (Fsp3) is 0.900. The van der Waals surface area contributed by atoms with Gasteiger partial charge in [0.25, 0.3) is 0 Å². The zero-order chi connectivity index (χ0) is 11.8. The summed E-state index contributed by atoms with van der Waals surface area (Å²) < 4.78 is 9.93. The van der Waals surface area contributed by atoms with E-state index in [0.717, 1.165) is 0 Å². The highest BCUT2D eigenvalue weighted by Gasteiger charge is 2.16. The van der Waals surface area contributed by atoms with Gasteiger partial charge in [0.15, 0.2) is 0 Å². The van der Waals surface area contributed by atoms with Gasteiger partial charge in [-0.3, -0.25) is 4.79 Å². The molecule has 0 aromatic heterocycles. The highest BCUT2D eigenvalue weighted by atomic mass is 16.5. The van der Waals surface area contributed by atoms with Gasteiger partial charge in [0, 0.05) is 26.7 Å². The van der Waals surface area contributed by atoms with E-state index in [1.54, 1.807) is 4.90 Å². The Morgan fingerprint density at radius 3 is 2.88 bits per heavy atom. The Morgan fingerprint density at radius 2 is 2.25 bits per heavy atom. The third kappa shape index (κ3) is 4.89. The van der Waals surface area contributed by atoms with Gasteiger partial charge < -0.3 is 24.8 Å². The molecule has 0 spiro atoms. The molecule has 1 atom stereocenters. The number of carbonyl (C=O) groups excluding carboxylic acids is 1. The summed E-state index contributed by atoms with van der Waals surface area (Å²) in [6, 6.07) is 0. The molecule has 16 heavy (non-hydrogen) atoms. The molecule has 1 amide bonds. The number of methoxy groups -OCH3 is 1. The Labute approximate surface area is 95.5 Å². The van der Waals surface area contributed by atoms with Crippen LogP contribution in [0.2, 0.25) is 0 Å². The second-order valence-corrected chi connectivity index (χ2v) is 3.73. The van der Waals surface area contributed by atoms with Crippen molar-refractivity contribution in [2.75, 3.05) is 53.1 Å². The molecule has 6 heteroatoms. The predicted octanol–water partition coefficient (Wildman–Crippen LogP) is -1.56. The number of morpholine rings is 1. The summed E-state index contributed by atoms with van der Waals surface area (Å²) in [5.41, 5.74) is 0. The van der Waals surface area contributed by atoms with Crippen LogP contribution in [0.5, 0.6) is 0 Å². The van der Waals surface area contributed by atoms with Crippen LogP contribution in [-0.4, -0.2) is 75.1 Å². The maximum atomic E-state index is 11.6. The van der Waals surface area contributed by atoms with Gasteiger partial charge in [-0.25, -0.2) is 0 Å². The first-order chi connectivity index (χ1) is 7.74. The molecule has 0 saturated carbocycles. The third-order valence-corrected chi connectivity index (χ3v) is 2.38. The molecule has 1 rings (SSSR count). The Balaban J connectivity index is 2.09. The van der Waals surface area contributed by atoms with Crippen LogP contribution in [0.3, 0.4) is 0 Å². The van der Waals surface area contributed by atoms with E-state index >= 15 is 0 Å². The van der Waals surface area contributed by atoms with E-state index in [4.69, 9.17) is 9.47 Å². The number of rotatable bonds is 6. The first-order valence-electron chi connectivity index (χ1n) is 5.47. The van der Waals surface area contributed by atoms with E-state index in [9.17, 15) is 9.90 Å². The minimum Gasteiger partial charge on any atom is -0.389 e. The van der Waals surface area contributed by atoms with Gasteiger partial charge in [0.2, 0.25) is 5.91 Å². The maximum Gasteiger partial charge on any atom is 0.236 e. The van der Waals surface area contributed by atoms with Gasteiger partial charge in [0.05, 0.1) is 32.5 Å². The number of aliphatic hydroxyl groups excluding tert-OH is 1. The molecule has 1 unspecified atom stereocenters. The Bertz CT molecular complexity index is 207. The quantitative estimate of drug-likeness (QED) is 0.580. The van der Waals surface area contributed by atoms with Crippen LogP contribution in [0.4, 0.5) is 0 Å². The lowest BCUT2D eigenvalue weighted by atomic mass is 10.3. The van der Waals surface area contributed by atoms with E-state index in [1.807, 2.05) is 0 Å². The van der Waals surface area contributed by atoms with E-state index in [-0.39, 0.29) is 19.1 Å². The summed E-state index contributed by atoms with van der Waals surface area (Å²) in [4.78, 5) is 13.4. The van der Waals surface area contributed by atoms with Gasteiger partial charge in [-0.05, 0) is 0 Å². The third-order valence-electron chi connectivity index (χ3n) is 2.38. The lowest BCUT2D eigenvalue weighted by Gasteiger charge is -2.27. The van der Waals surface area contributed by atoms with Crippen molar-refractivity contribution in [3.05, 3.63) is 0 Å². The van der Waals surface area contributed by atoms with Crippen LogP contribution >= 0.6 is 0 Å². The Kier molecular flexibility index (Phi) is 6.32. The van der Waals surface area contributed by atoms with Crippen molar-refractivity contribution in [3.63, 3.8) is 0 Å². The lowest BCUT2D eigenvalue weighted by molar-refractivity contribution is -0.134. The largest absolute Gasteiger partial charge is 0.389 e. The molecular weight excluding hydrogens is 212 g/mol. The summed E-state index contributed by atoms with van der Waals surface area (Å²) in [6.07, 6.45) is -0.567. The lowest BCUT2D eigenvalue weighted by Crippen LogP contribution is -2.45. The molecule has 0 aromatic carbocycles. The molecule has 1 aliphatic rings. The Morgan fingerprint density at radius 1 is 1.56 bits per heavy atom. The number of amides is 1. The topological polar surface area (TPSA) is 71.0 Å². The van der Waals surface area contributed by atoms with Crippen LogP contribution in [-0.2, 0) is 14.3 Å². The average Bonchev–Trinajstić information content (AvgIpc) is 2.30. The average molecular weight is 232 g/mol. The summed E-state index contributed by atoms with van der Waals surface area (Å²) in [5.74, 6) is 0.0490. The monoisotopic (exact) mass is 232 g/mol. The summed E-state index contributed by atoms with van der Waals surface area (Å²) in [7, 11) is 1.53. The molecule has 0 bridgehead atoms. The second-order valence-electron chi connectivity index (χ2n) is 3.73.